The lowest BCUT2D eigenvalue weighted by Crippen LogP contribution is -2.57. The largest absolute Gasteiger partial charge is 0.379 e. The van der Waals surface area contributed by atoms with Crippen LogP contribution in [0.4, 0.5) is 0 Å². The quantitative estimate of drug-likeness (QED) is 0.798. The van der Waals surface area contributed by atoms with Crippen molar-refractivity contribution in [3.8, 4) is 0 Å². The zero-order valence-electron chi connectivity index (χ0n) is 11.4. The minimum atomic E-state index is 0.124. The number of hydrogen-bond donors (Lipinski definition) is 1. The Kier molecular flexibility index (Phi) is 3.63. The van der Waals surface area contributed by atoms with Crippen molar-refractivity contribution in [2.24, 2.45) is 11.1 Å². The van der Waals surface area contributed by atoms with E-state index in [4.69, 9.17) is 15.2 Å². The first-order valence-electron chi connectivity index (χ1n) is 7.38. The van der Waals surface area contributed by atoms with Gasteiger partial charge in [0.05, 0.1) is 25.9 Å². The molecule has 0 radical (unpaired) electrons. The van der Waals surface area contributed by atoms with Crippen LogP contribution in [0.15, 0.2) is 0 Å². The third kappa shape index (κ3) is 2.31. The van der Waals surface area contributed by atoms with E-state index in [2.05, 4.69) is 11.8 Å². The maximum atomic E-state index is 6.22. The smallest absolute Gasteiger partial charge is 0.0730 e. The van der Waals surface area contributed by atoms with Crippen molar-refractivity contribution >= 4 is 0 Å². The Bertz CT molecular complexity index is 298. The van der Waals surface area contributed by atoms with Crippen molar-refractivity contribution in [1.29, 1.82) is 0 Å². The lowest BCUT2D eigenvalue weighted by molar-refractivity contribution is -0.0986. The molecule has 1 aliphatic carbocycles. The van der Waals surface area contributed by atoms with Crippen molar-refractivity contribution in [2.75, 3.05) is 32.9 Å². The molecule has 0 aromatic rings. The molecule has 0 bridgehead atoms. The molecule has 2 heterocycles. The highest BCUT2D eigenvalue weighted by Gasteiger charge is 2.43. The molecular formula is C14H26N2O2. The van der Waals surface area contributed by atoms with Gasteiger partial charge in [-0.3, -0.25) is 4.90 Å². The molecule has 2 N–H and O–H groups in total. The Morgan fingerprint density at radius 3 is 2.94 bits per heavy atom. The lowest BCUT2D eigenvalue weighted by Gasteiger charge is -2.46. The summed E-state index contributed by atoms with van der Waals surface area (Å²) >= 11 is 0. The standard InChI is InChI=1S/C14H26N2O2/c1-14(10-17-8-13(14)15)9-16-6-7-18-12-5-3-2-4-11(12)16/h11-13H,2-10,15H2,1H3. The van der Waals surface area contributed by atoms with Crippen LogP contribution in [-0.4, -0.2) is 56.0 Å². The highest BCUT2D eigenvalue weighted by atomic mass is 16.5. The van der Waals surface area contributed by atoms with Gasteiger partial charge in [0, 0.05) is 30.6 Å². The number of nitrogens with zero attached hydrogens (tertiary/aromatic N) is 1. The molecule has 3 fully saturated rings. The Morgan fingerprint density at radius 1 is 1.33 bits per heavy atom. The van der Waals surface area contributed by atoms with E-state index in [0.29, 0.717) is 12.1 Å². The predicted octanol–water partition coefficient (Wildman–Crippen LogP) is 0.994. The van der Waals surface area contributed by atoms with Crippen molar-refractivity contribution in [3.05, 3.63) is 0 Å². The average molecular weight is 254 g/mol. The summed E-state index contributed by atoms with van der Waals surface area (Å²) in [7, 11) is 0. The topological polar surface area (TPSA) is 47.7 Å². The molecule has 4 atom stereocenters. The molecule has 0 amide bonds. The van der Waals surface area contributed by atoms with E-state index in [0.717, 1.165) is 32.9 Å². The second-order valence-corrected chi connectivity index (χ2v) is 6.51. The molecular weight excluding hydrogens is 228 g/mol. The Hall–Kier alpha value is -0.160. The summed E-state index contributed by atoms with van der Waals surface area (Å²) in [5, 5.41) is 0. The van der Waals surface area contributed by atoms with E-state index in [-0.39, 0.29) is 11.5 Å². The predicted molar refractivity (Wildman–Crippen MR) is 70.5 cm³/mol. The first kappa shape index (κ1) is 12.9. The van der Waals surface area contributed by atoms with E-state index >= 15 is 0 Å². The second kappa shape index (κ2) is 5.08. The Morgan fingerprint density at radius 2 is 2.17 bits per heavy atom. The maximum absolute atomic E-state index is 6.22. The molecule has 3 aliphatic rings. The zero-order valence-corrected chi connectivity index (χ0v) is 11.4. The van der Waals surface area contributed by atoms with Gasteiger partial charge < -0.3 is 15.2 Å². The highest BCUT2D eigenvalue weighted by Crippen LogP contribution is 2.33. The molecule has 1 saturated carbocycles. The molecule has 4 heteroatoms. The van der Waals surface area contributed by atoms with Crippen molar-refractivity contribution < 1.29 is 9.47 Å². The summed E-state index contributed by atoms with van der Waals surface area (Å²) in [5.74, 6) is 0. The molecule has 3 rings (SSSR count). The first-order chi connectivity index (χ1) is 8.69. The van der Waals surface area contributed by atoms with E-state index in [1.807, 2.05) is 0 Å². The summed E-state index contributed by atoms with van der Waals surface area (Å²) in [6, 6.07) is 0.805. The molecule has 104 valence electrons. The summed E-state index contributed by atoms with van der Waals surface area (Å²) in [5.41, 5.74) is 6.34. The molecule has 18 heavy (non-hydrogen) atoms. The van der Waals surface area contributed by atoms with Crippen LogP contribution >= 0.6 is 0 Å². The van der Waals surface area contributed by atoms with Gasteiger partial charge in [0.15, 0.2) is 0 Å². The molecule has 0 spiro atoms. The molecule has 0 aromatic heterocycles. The average Bonchev–Trinajstić information content (AvgIpc) is 2.70. The molecule has 2 saturated heterocycles. The van der Waals surface area contributed by atoms with Crippen LogP contribution in [0.25, 0.3) is 0 Å². The number of ether oxygens (including phenoxy) is 2. The van der Waals surface area contributed by atoms with Gasteiger partial charge >= 0.3 is 0 Å². The van der Waals surface area contributed by atoms with Gasteiger partial charge in [-0.15, -0.1) is 0 Å². The van der Waals surface area contributed by atoms with Gasteiger partial charge in [0.25, 0.3) is 0 Å². The van der Waals surface area contributed by atoms with E-state index < -0.39 is 0 Å². The second-order valence-electron chi connectivity index (χ2n) is 6.51. The van der Waals surface area contributed by atoms with Gasteiger partial charge in [-0.2, -0.15) is 0 Å². The summed E-state index contributed by atoms with van der Waals surface area (Å²) in [4.78, 5) is 2.63. The Labute approximate surface area is 110 Å². The van der Waals surface area contributed by atoms with Crippen LogP contribution in [0.1, 0.15) is 32.6 Å². The minimum Gasteiger partial charge on any atom is -0.379 e. The van der Waals surface area contributed by atoms with Crippen molar-refractivity contribution in [3.63, 3.8) is 0 Å². The van der Waals surface area contributed by atoms with Gasteiger partial charge in [-0.1, -0.05) is 19.8 Å². The monoisotopic (exact) mass is 254 g/mol. The number of rotatable bonds is 2. The number of fused-ring (bicyclic) bond motifs is 1. The summed E-state index contributed by atoms with van der Waals surface area (Å²) in [6.07, 6.45) is 5.67. The minimum absolute atomic E-state index is 0.124. The third-order valence-corrected chi connectivity index (χ3v) is 5.04. The zero-order chi connectivity index (χ0) is 12.6. The summed E-state index contributed by atoms with van der Waals surface area (Å²) in [6.45, 7) is 6.81. The van der Waals surface area contributed by atoms with Crippen LogP contribution in [0.5, 0.6) is 0 Å². The van der Waals surface area contributed by atoms with Crippen molar-refractivity contribution in [2.45, 2.75) is 50.8 Å². The van der Waals surface area contributed by atoms with Crippen LogP contribution in [0.2, 0.25) is 0 Å². The fraction of sp³-hybridized carbons (Fsp3) is 1.00. The lowest BCUT2D eigenvalue weighted by atomic mass is 9.83. The van der Waals surface area contributed by atoms with Crippen LogP contribution in [-0.2, 0) is 9.47 Å². The molecule has 0 aromatic carbocycles. The van der Waals surface area contributed by atoms with Gasteiger partial charge in [-0.05, 0) is 12.8 Å². The normalized spacial score (nSPS) is 46.0. The van der Waals surface area contributed by atoms with Crippen molar-refractivity contribution in [1.82, 2.24) is 4.90 Å². The number of morpholine rings is 1. The van der Waals surface area contributed by atoms with Gasteiger partial charge in [0.1, 0.15) is 0 Å². The SMILES string of the molecule is CC1(CN2CCOC3CCCCC32)COCC1N. The fourth-order valence-corrected chi connectivity index (χ4v) is 3.73. The maximum Gasteiger partial charge on any atom is 0.0730 e. The third-order valence-electron chi connectivity index (χ3n) is 5.04. The number of hydrogen-bond acceptors (Lipinski definition) is 4. The van der Waals surface area contributed by atoms with E-state index in [1.165, 1.54) is 25.7 Å². The Balaban J connectivity index is 1.67. The number of nitrogens with two attached hydrogens (primary N) is 1. The van der Waals surface area contributed by atoms with Crippen LogP contribution in [0.3, 0.4) is 0 Å². The highest BCUT2D eigenvalue weighted by molar-refractivity contribution is 4.96. The van der Waals surface area contributed by atoms with Crippen LogP contribution < -0.4 is 5.73 Å². The molecule has 4 unspecified atom stereocenters. The summed E-state index contributed by atoms with van der Waals surface area (Å²) < 4.78 is 11.5. The van der Waals surface area contributed by atoms with Gasteiger partial charge in [0.2, 0.25) is 0 Å². The fourth-order valence-electron chi connectivity index (χ4n) is 3.73. The van der Waals surface area contributed by atoms with E-state index in [1.54, 1.807) is 0 Å². The molecule has 2 aliphatic heterocycles. The van der Waals surface area contributed by atoms with Gasteiger partial charge in [-0.25, -0.2) is 0 Å². The van der Waals surface area contributed by atoms with Crippen LogP contribution in [0, 0.1) is 5.41 Å². The molecule has 4 nitrogen and oxygen atoms in total. The van der Waals surface area contributed by atoms with E-state index in [9.17, 15) is 0 Å². The first-order valence-corrected chi connectivity index (χ1v) is 7.38.